The van der Waals surface area contributed by atoms with Crippen LogP contribution in [0, 0.1) is 0 Å². The van der Waals surface area contributed by atoms with Gasteiger partial charge in [-0.15, -0.1) is 11.3 Å². The first-order valence-electron chi connectivity index (χ1n) is 10.6. The first-order valence-corrected chi connectivity index (χ1v) is 11.4. The van der Waals surface area contributed by atoms with Gasteiger partial charge in [-0.1, -0.05) is 60.7 Å². The molecular weight excluding hydrogens is 390 g/mol. The van der Waals surface area contributed by atoms with Crippen LogP contribution in [0.25, 0.3) is 10.2 Å². The summed E-state index contributed by atoms with van der Waals surface area (Å²) >= 11 is 1.70. The monoisotopic (exact) mass is 416 g/mol. The van der Waals surface area contributed by atoms with Gasteiger partial charge in [0.05, 0.1) is 36.4 Å². The maximum atomic E-state index is 13.4. The third kappa shape index (κ3) is 3.91. The Hall–Kier alpha value is -2.89. The molecule has 4 nitrogen and oxygen atoms in total. The van der Waals surface area contributed by atoms with Crippen LogP contribution in [-0.2, 0) is 13.1 Å². The fraction of sp³-hybridized carbons (Fsp3) is 0.240. The van der Waals surface area contributed by atoms with Crippen LogP contribution >= 0.6 is 11.3 Å². The van der Waals surface area contributed by atoms with Gasteiger partial charge in [-0.3, -0.25) is 4.79 Å². The van der Waals surface area contributed by atoms with Gasteiger partial charge in [0.25, 0.3) is 5.91 Å². The normalized spacial score (nSPS) is 15.0. The molecule has 5 heteroatoms. The number of benzene rings is 2. The number of rotatable bonds is 5. The second-order valence-electron chi connectivity index (χ2n) is 7.98. The molecular formula is C25H26N3OS+. The van der Waals surface area contributed by atoms with Crippen molar-refractivity contribution in [2.75, 3.05) is 26.2 Å². The SMILES string of the molecule is O=C(c1cc2sccc2n1Cc1ccccc1)N1CC[NH+](Cc2ccccc2)CC1. The van der Waals surface area contributed by atoms with Crippen LogP contribution in [0.2, 0.25) is 0 Å². The molecule has 0 bridgehead atoms. The molecule has 0 spiro atoms. The number of thiophene rings is 1. The number of hydrogen-bond acceptors (Lipinski definition) is 2. The minimum atomic E-state index is 0.160. The van der Waals surface area contributed by atoms with E-state index in [1.165, 1.54) is 15.8 Å². The Morgan fingerprint density at radius 2 is 1.57 bits per heavy atom. The Morgan fingerprint density at radius 3 is 2.27 bits per heavy atom. The van der Waals surface area contributed by atoms with Crippen LogP contribution < -0.4 is 4.90 Å². The minimum Gasteiger partial charge on any atom is -0.331 e. The third-order valence-electron chi connectivity index (χ3n) is 5.98. The molecule has 152 valence electrons. The van der Waals surface area contributed by atoms with Gasteiger partial charge in [-0.05, 0) is 23.1 Å². The molecule has 2 aromatic carbocycles. The molecule has 0 unspecified atom stereocenters. The number of nitrogens with zero attached hydrogens (tertiary/aromatic N) is 2. The number of carbonyl (C=O) groups is 1. The highest BCUT2D eigenvalue weighted by Crippen LogP contribution is 2.27. The summed E-state index contributed by atoms with van der Waals surface area (Å²) in [7, 11) is 0. The average Bonchev–Trinajstić information content (AvgIpc) is 3.38. The first-order chi connectivity index (χ1) is 14.8. The van der Waals surface area contributed by atoms with E-state index in [0.717, 1.165) is 50.5 Å². The topological polar surface area (TPSA) is 29.7 Å². The van der Waals surface area contributed by atoms with Crippen molar-refractivity contribution in [3.63, 3.8) is 0 Å². The van der Waals surface area contributed by atoms with Crippen molar-refractivity contribution < 1.29 is 9.69 Å². The van der Waals surface area contributed by atoms with Gasteiger partial charge in [0.15, 0.2) is 0 Å². The smallest absolute Gasteiger partial charge is 0.270 e. The molecule has 1 aliphatic rings. The van der Waals surface area contributed by atoms with Crippen molar-refractivity contribution in [1.82, 2.24) is 9.47 Å². The number of piperazine rings is 1. The van der Waals surface area contributed by atoms with Gasteiger partial charge in [0, 0.05) is 12.1 Å². The first kappa shape index (κ1) is 19.1. The molecule has 0 radical (unpaired) electrons. The summed E-state index contributed by atoms with van der Waals surface area (Å²) in [6.45, 7) is 5.36. The summed E-state index contributed by atoms with van der Waals surface area (Å²) in [4.78, 5) is 17.0. The zero-order chi connectivity index (χ0) is 20.3. The van der Waals surface area contributed by atoms with Gasteiger partial charge in [-0.25, -0.2) is 0 Å². The standard InChI is InChI=1S/C25H25N3OS/c29-25(27-14-12-26(13-15-27)18-20-7-3-1-4-8-20)23-17-24-22(11-16-30-24)28(23)19-21-9-5-2-6-10-21/h1-11,16-17H,12-15,18-19H2/p+1. The molecule has 30 heavy (non-hydrogen) atoms. The van der Waals surface area contributed by atoms with Crippen LogP contribution in [0.1, 0.15) is 21.6 Å². The summed E-state index contributed by atoms with van der Waals surface area (Å²) in [5.74, 6) is 0.160. The van der Waals surface area contributed by atoms with Crippen molar-refractivity contribution in [3.8, 4) is 0 Å². The number of nitrogens with one attached hydrogen (secondary N) is 1. The molecule has 0 aliphatic carbocycles. The van der Waals surface area contributed by atoms with Crippen molar-refractivity contribution in [2.45, 2.75) is 13.1 Å². The lowest BCUT2D eigenvalue weighted by atomic mass is 10.2. The molecule has 1 fully saturated rings. The summed E-state index contributed by atoms with van der Waals surface area (Å²) in [6.07, 6.45) is 0. The average molecular weight is 417 g/mol. The van der Waals surface area contributed by atoms with Gasteiger partial charge in [-0.2, -0.15) is 0 Å². The maximum absolute atomic E-state index is 13.4. The molecule has 1 amide bonds. The lowest BCUT2D eigenvalue weighted by Crippen LogP contribution is -3.13. The second kappa shape index (κ2) is 8.46. The maximum Gasteiger partial charge on any atom is 0.270 e. The number of carbonyl (C=O) groups excluding carboxylic acids is 1. The number of quaternary nitrogens is 1. The van der Waals surface area contributed by atoms with E-state index in [-0.39, 0.29) is 5.91 Å². The number of aromatic nitrogens is 1. The van der Waals surface area contributed by atoms with E-state index in [1.54, 1.807) is 16.2 Å². The molecule has 1 saturated heterocycles. The fourth-order valence-corrected chi connectivity index (χ4v) is 5.16. The molecule has 2 aromatic heterocycles. The highest BCUT2D eigenvalue weighted by Gasteiger charge is 2.27. The molecule has 0 saturated carbocycles. The lowest BCUT2D eigenvalue weighted by molar-refractivity contribution is -0.917. The Kier molecular flexibility index (Phi) is 5.39. The van der Waals surface area contributed by atoms with Crippen molar-refractivity contribution in [2.24, 2.45) is 0 Å². The Labute approximate surface area is 181 Å². The van der Waals surface area contributed by atoms with Crippen LogP contribution in [0.4, 0.5) is 0 Å². The molecule has 1 N–H and O–H groups in total. The van der Waals surface area contributed by atoms with Crippen molar-refractivity contribution >= 4 is 27.5 Å². The van der Waals surface area contributed by atoms with E-state index >= 15 is 0 Å². The summed E-state index contributed by atoms with van der Waals surface area (Å²) in [5, 5.41) is 2.10. The number of hydrogen-bond donors (Lipinski definition) is 1. The van der Waals surface area contributed by atoms with Crippen LogP contribution in [0.5, 0.6) is 0 Å². The van der Waals surface area contributed by atoms with Crippen LogP contribution in [0.3, 0.4) is 0 Å². The summed E-state index contributed by atoms with van der Waals surface area (Å²) < 4.78 is 3.37. The molecule has 1 aliphatic heterocycles. The van der Waals surface area contributed by atoms with E-state index < -0.39 is 0 Å². The van der Waals surface area contributed by atoms with E-state index in [2.05, 4.69) is 76.7 Å². The predicted octanol–water partition coefficient (Wildman–Crippen LogP) is 3.29. The van der Waals surface area contributed by atoms with Gasteiger partial charge in [0.1, 0.15) is 12.2 Å². The van der Waals surface area contributed by atoms with Gasteiger partial charge in [0.2, 0.25) is 0 Å². The number of amides is 1. The fourth-order valence-electron chi connectivity index (χ4n) is 4.34. The van der Waals surface area contributed by atoms with Crippen molar-refractivity contribution in [3.05, 3.63) is 95.0 Å². The quantitative estimate of drug-likeness (QED) is 0.532. The van der Waals surface area contributed by atoms with E-state index in [1.807, 2.05) is 11.0 Å². The van der Waals surface area contributed by atoms with Gasteiger partial charge >= 0.3 is 0 Å². The van der Waals surface area contributed by atoms with Crippen LogP contribution in [0.15, 0.2) is 78.2 Å². The summed E-state index contributed by atoms with van der Waals surface area (Å²) in [5.41, 5.74) is 4.55. The molecule has 3 heterocycles. The number of fused-ring (bicyclic) bond motifs is 1. The third-order valence-corrected chi connectivity index (χ3v) is 6.83. The summed E-state index contributed by atoms with van der Waals surface area (Å²) in [6, 6.07) is 25.2. The van der Waals surface area contributed by atoms with Gasteiger partial charge < -0.3 is 14.4 Å². The highest BCUT2D eigenvalue weighted by molar-refractivity contribution is 7.17. The van der Waals surface area contributed by atoms with Crippen LogP contribution in [-0.4, -0.2) is 41.6 Å². The van der Waals surface area contributed by atoms with E-state index in [9.17, 15) is 4.79 Å². The predicted molar refractivity (Wildman–Crippen MR) is 122 cm³/mol. The van der Waals surface area contributed by atoms with E-state index in [4.69, 9.17) is 0 Å². The Morgan fingerprint density at radius 1 is 0.900 bits per heavy atom. The molecule has 5 rings (SSSR count). The lowest BCUT2D eigenvalue weighted by Gasteiger charge is -2.32. The Balaban J connectivity index is 1.32. The highest BCUT2D eigenvalue weighted by atomic mass is 32.1. The van der Waals surface area contributed by atoms with Crippen molar-refractivity contribution in [1.29, 1.82) is 0 Å². The zero-order valence-electron chi connectivity index (χ0n) is 17.0. The van der Waals surface area contributed by atoms with E-state index in [0.29, 0.717) is 0 Å². The molecule has 4 aromatic rings. The molecule has 0 atom stereocenters. The Bertz CT molecular complexity index is 1130. The minimum absolute atomic E-state index is 0.160. The second-order valence-corrected chi connectivity index (χ2v) is 8.92. The largest absolute Gasteiger partial charge is 0.331 e. The zero-order valence-corrected chi connectivity index (χ0v) is 17.8.